The monoisotopic (exact) mass is 319 g/mol. The number of aromatic nitrogens is 1. The van der Waals surface area contributed by atoms with Crippen molar-refractivity contribution in [3.05, 3.63) is 89.5 Å². The second kappa shape index (κ2) is 5.42. The van der Waals surface area contributed by atoms with Crippen LogP contribution < -0.4 is 0 Å². The molecule has 4 aromatic rings. The lowest BCUT2D eigenvalue weighted by atomic mass is 9.96. The molecule has 0 unspecified atom stereocenters. The molecule has 0 saturated heterocycles. The van der Waals surface area contributed by atoms with Gasteiger partial charge >= 0.3 is 0 Å². The molecule has 0 fully saturated rings. The van der Waals surface area contributed by atoms with Gasteiger partial charge in [-0.25, -0.2) is 4.98 Å². The van der Waals surface area contributed by atoms with E-state index in [1.54, 1.807) is 0 Å². The molecular formula is C24H17N. The van der Waals surface area contributed by atoms with Crippen LogP contribution in [0.1, 0.15) is 16.7 Å². The van der Waals surface area contributed by atoms with Crippen LogP contribution in [0.25, 0.3) is 45.4 Å². The molecule has 0 amide bonds. The van der Waals surface area contributed by atoms with Gasteiger partial charge in [0.2, 0.25) is 0 Å². The summed E-state index contributed by atoms with van der Waals surface area (Å²) in [6.07, 6.45) is 4.41. The average Bonchev–Trinajstić information content (AvgIpc) is 3.11. The van der Waals surface area contributed by atoms with Crippen LogP contribution >= 0.6 is 0 Å². The van der Waals surface area contributed by atoms with Gasteiger partial charge in [-0.2, -0.15) is 0 Å². The lowest BCUT2D eigenvalue weighted by molar-refractivity contribution is 1.32. The van der Waals surface area contributed by atoms with E-state index in [1.165, 1.54) is 38.8 Å². The molecule has 0 radical (unpaired) electrons. The predicted molar refractivity (Wildman–Crippen MR) is 106 cm³/mol. The predicted octanol–water partition coefficient (Wildman–Crippen LogP) is 6.36. The molecule has 1 aromatic heterocycles. The van der Waals surface area contributed by atoms with Crippen molar-refractivity contribution in [2.45, 2.75) is 6.92 Å². The fraction of sp³-hybridized carbons (Fsp3) is 0.0417. The van der Waals surface area contributed by atoms with Crippen LogP contribution in [-0.2, 0) is 0 Å². The highest BCUT2D eigenvalue weighted by molar-refractivity contribution is 6.05. The van der Waals surface area contributed by atoms with Crippen molar-refractivity contribution in [3.8, 4) is 22.4 Å². The largest absolute Gasteiger partial charge is 0.247 e. The summed E-state index contributed by atoms with van der Waals surface area (Å²) in [5.41, 5.74) is 9.59. The number of rotatable bonds is 2. The minimum absolute atomic E-state index is 1.07. The zero-order chi connectivity index (χ0) is 16.8. The zero-order valence-corrected chi connectivity index (χ0v) is 14.0. The molecule has 0 N–H and O–H groups in total. The summed E-state index contributed by atoms with van der Waals surface area (Å²) in [7, 11) is 0. The Kier molecular flexibility index (Phi) is 3.07. The van der Waals surface area contributed by atoms with Gasteiger partial charge in [0.1, 0.15) is 0 Å². The Labute approximate surface area is 147 Å². The van der Waals surface area contributed by atoms with E-state index in [1.807, 2.05) is 6.07 Å². The van der Waals surface area contributed by atoms with Crippen molar-refractivity contribution >= 4 is 23.1 Å². The quantitative estimate of drug-likeness (QED) is 0.369. The van der Waals surface area contributed by atoms with Gasteiger partial charge in [-0.3, -0.25) is 0 Å². The fourth-order valence-electron chi connectivity index (χ4n) is 3.74. The minimum Gasteiger partial charge on any atom is -0.247 e. The SMILES string of the molecule is Cc1c(-c2cccc(-c3ccccc3)c2)nc2cccc3c2c1C=C3. The molecule has 0 spiro atoms. The molecule has 1 aliphatic rings. The van der Waals surface area contributed by atoms with E-state index >= 15 is 0 Å². The van der Waals surface area contributed by atoms with Crippen molar-refractivity contribution in [2.75, 3.05) is 0 Å². The Balaban J connectivity index is 1.73. The third-order valence-electron chi connectivity index (χ3n) is 5.01. The van der Waals surface area contributed by atoms with Crippen molar-refractivity contribution in [1.29, 1.82) is 0 Å². The number of hydrogen-bond acceptors (Lipinski definition) is 1. The van der Waals surface area contributed by atoms with Crippen LogP contribution in [0.4, 0.5) is 0 Å². The van der Waals surface area contributed by atoms with E-state index in [0.717, 1.165) is 11.2 Å². The first-order valence-corrected chi connectivity index (χ1v) is 8.58. The highest BCUT2D eigenvalue weighted by Gasteiger charge is 2.16. The van der Waals surface area contributed by atoms with E-state index < -0.39 is 0 Å². The summed E-state index contributed by atoms with van der Waals surface area (Å²) < 4.78 is 0. The van der Waals surface area contributed by atoms with Gasteiger partial charge in [0.05, 0.1) is 11.2 Å². The number of benzene rings is 3. The Morgan fingerprint density at radius 2 is 1.44 bits per heavy atom. The summed E-state index contributed by atoms with van der Waals surface area (Å²) in [6.45, 7) is 2.18. The molecule has 1 heterocycles. The molecule has 3 aromatic carbocycles. The lowest BCUT2D eigenvalue weighted by Crippen LogP contribution is -1.94. The molecule has 1 heteroatoms. The number of nitrogens with zero attached hydrogens (tertiary/aromatic N) is 1. The summed E-state index contributed by atoms with van der Waals surface area (Å²) in [5, 5.41) is 1.28. The molecule has 0 saturated carbocycles. The molecule has 0 aliphatic heterocycles. The summed E-state index contributed by atoms with van der Waals surface area (Å²) >= 11 is 0. The van der Waals surface area contributed by atoms with Gasteiger partial charge in [0, 0.05) is 10.9 Å². The third kappa shape index (κ3) is 2.20. The van der Waals surface area contributed by atoms with E-state index in [9.17, 15) is 0 Å². The lowest BCUT2D eigenvalue weighted by Gasteiger charge is -2.12. The van der Waals surface area contributed by atoms with Crippen LogP contribution in [0.5, 0.6) is 0 Å². The molecular weight excluding hydrogens is 302 g/mol. The molecule has 118 valence electrons. The van der Waals surface area contributed by atoms with Gasteiger partial charge in [-0.15, -0.1) is 0 Å². The van der Waals surface area contributed by atoms with E-state index in [0.29, 0.717) is 0 Å². The third-order valence-corrected chi connectivity index (χ3v) is 5.01. The molecule has 1 aliphatic carbocycles. The fourth-order valence-corrected chi connectivity index (χ4v) is 3.74. The second-order valence-corrected chi connectivity index (χ2v) is 6.52. The van der Waals surface area contributed by atoms with Gasteiger partial charge in [-0.1, -0.05) is 72.8 Å². The molecule has 0 bridgehead atoms. The van der Waals surface area contributed by atoms with Crippen molar-refractivity contribution < 1.29 is 0 Å². The Hall–Kier alpha value is -3.19. The van der Waals surface area contributed by atoms with Crippen molar-refractivity contribution in [2.24, 2.45) is 0 Å². The Morgan fingerprint density at radius 1 is 0.680 bits per heavy atom. The van der Waals surface area contributed by atoms with E-state index in [-0.39, 0.29) is 0 Å². The van der Waals surface area contributed by atoms with Crippen LogP contribution in [0.3, 0.4) is 0 Å². The maximum Gasteiger partial charge on any atom is 0.0745 e. The zero-order valence-electron chi connectivity index (χ0n) is 14.0. The highest BCUT2D eigenvalue weighted by atomic mass is 14.7. The van der Waals surface area contributed by atoms with Crippen molar-refractivity contribution in [1.82, 2.24) is 4.98 Å². The first-order chi connectivity index (χ1) is 12.3. The van der Waals surface area contributed by atoms with Crippen molar-refractivity contribution in [3.63, 3.8) is 0 Å². The average molecular weight is 319 g/mol. The number of pyridine rings is 1. The minimum atomic E-state index is 1.07. The Bertz CT molecular complexity index is 1140. The molecule has 1 nitrogen and oxygen atoms in total. The van der Waals surface area contributed by atoms with E-state index in [4.69, 9.17) is 4.98 Å². The van der Waals surface area contributed by atoms with Gasteiger partial charge in [0.15, 0.2) is 0 Å². The maximum absolute atomic E-state index is 5.00. The van der Waals surface area contributed by atoms with Gasteiger partial charge < -0.3 is 0 Å². The normalized spacial score (nSPS) is 12.0. The van der Waals surface area contributed by atoms with Gasteiger partial charge in [0.25, 0.3) is 0 Å². The van der Waals surface area contributed by atoms with Crippen LogP contribution in [0.2, 0.25) is 0 Å². The van der Waals surface area contributed by atoms with Crippen LogP contribution in [-0.4, -0.2) is 4.98 Å². The maximum atomic E-state index is 5.00. The summed E-state index contributed by atoms with van der Waals surface area (Å²) in [5.74, 6) is 0. The smallest absolute Gasteiger partial charge is 0.0745 e. The van der Waals surface area contributed by atoms with Gasteiger partial charge in [-0.05, 0) is 46.9 Å². The summed E-state index contributed by atoms with van der Waals surface area (Å²) in [6, 6.07) is 25.5. The second-order valence-electron chi connectivity index (χ2n) is 6.52. The first kappa shape index (κ1) is 14.2. The van der Waals surface area contributed by atoms with Crippen LogP contribution in [0, 0.1) is 6.92 Å². The molecule has 0 atom stereocenters. The topological polar surface area (TPSA) is 12.9 Å². The van der Waals surface area contributed by atoms with E-state index in [2.05, 4.69) is 85.8 Å². The highest BCUT2D eigenvalue weighted by Crippen LogP contribution is 2.37. The van der Waals surface area contributed by atoms with Crippen LogP contribution in [0.15, 0.2) is 72.8 Å². The standard InChI is InChI=1S/C24H17N/c1-16-21-14-13-18-9-6-12-22(23(18)21)25-24(16)20-11-5-10-19(15-20)17-7-3-2-4-8-17/h2-15H,1H3. The Morgan fingerprint density at radius 3 is 2.32 bits per heavy atom. The molecule has 25 heavy (non-hydrogen) atoms. The first-order valence-electron chi connectivity index (χ1n) is 8.58. The summed E-state index contributed by atoms with van der Waals surface area (Å²) in [4.78, 5) is 5.00. The number of hydrogen-bond donors (Lipinski definition) is 0. The molecule has 5 rings (SSSR count).